The van der Waals surface area contributed by atoms with Gasteiger partial charge in [-0.2, -0.15) is 5.10 Å². The predicted octanol–water partition coefficient (Wildman–Crippen LogP) is 3.48. The summed E-state index contributed by atoms with van der Waals surface area (Å²) in [5.41, 5.74) is 4.25. The Labute approximate surface area is 123 Å². The average Bonchev–Trinajstić information content (AvgIpc) is 2.72. The molecule has 2 rings (SSSR count). The smallest absolute Gasteiger partial charge is 0.285 e. The molecule has 1 aromatic heterocycles. The minimum Gasteiger partial charge on any atom is -0.339 e. The standard InChI is InChI=1S/C15H19N3OS/c1-10-8-12(13-9-11(2)18(5)16-13)6-7-14(10)20-15(19)17(3)4/h6-9H,1-5H3. The molecule has 0 fully saturated rings. The fraction of sp³-hybridized carbons (Fsp3) is 0.333. The second-order valence-electron chi connectivity index (χ2n) is 5.04. The van der Waals surface area contributed by atoms with Crippen LogP contribution in [0, 0.1) is 13.8 Å². The molecule has 0 spiro atoms. The second-order valence-corrected chi connectivity index (χ2v) is 6.03. The highest BCUT2D eigenvalue weighted by Crippen LogP contribution is 2.28. The number of aromatic nitrogens is 2. The molecular weight excluding hydrogens is 270 g/mol. The number of carbonyl (C=O) groups excluding carboxylic acids is 1. The molecule has 5 heteroatoms. The van der Waals surface area contributed by atoms with Crippen LogP contribution in [-0.4, -0.2) is 34.0 Å². The third kappa shape index (κ3) is 3.04. The van der Waals surface area contributed by atoms with Crippen molar-refractivity contribution >= 4 is 17.0 Å². The Morgan fingerprint density at radius 1 is 1.25 bits per heavy atom. The number of thioether (sulfide) groups is 1. The minimum absolute atomic E-state index is 0.0366. The van der Waals surface area contributed by atoms with E-state index in [-0.39, 0.29) is 5.24 Å². The number of carbonyl (C=O) groups is 1. The van der Waals surface area contributed by atoms with Gasteiger partial charge in [-0.05, 0) is 49.4 Å². The van der Waals surface area contributed by atoms with E-state index >= 15 is 0 Å². The normalized spacial score (nSPS) is 10.7. The summed E-state index contributed by atoms with van der Waals surface area (Å²) in [4.78, 5) is 14.3. The zero-order valence-corrected chi connectivity index (χ0v) is 13.3. The van der Waals surface area contributed by atoms with Crippen LogP contribution in [-0.2, 0) is 7.05 Å². The van der Waals surface area contributed by atoms with E-state index in [4.69, 9.17) is 0 Å². The maximum atomic E-state index is 11.7. The molecule has 2 aromatic rings. The van der Waals surface area contributed by atoms with Gasteiger partial charge < -0.3 is 4.90 Å². The van der Waals surface area contributed by atoms with E-state index in [0.717, 1.165) is 27.4 Å². The van der Waals surface area contributed by atoms with Gasteiger partial charge in [0.2, 0.25) is 0 Å². The monoisotopic (exact) mass is 289 g/mol. The van der Waals surface area contributed by atoms with Crippen LogP contribution in [0.15, 0.2) is 29.2 Å². The van der Waals surface area contributed by atoms with E-state index in [0.29, 0.717) is 0 Å². The summed E-state index contributed by atoms with van der Waals surface area (Å²) in [5.74, 6) is 0. The Kier molecular flexibility index (Phi) is 4.18. The molecule has 0 aliphatic rings. The quantitative estimate of drug-likeness (QED) is 0.794. The Morgan fingerprint density at radius 3 is 2.45 bits per heavy atom. The largest absolute Gasteiger partial charge is 0.339 e. The lowest BCUT2D eigenvalue weighted by Crippen LogP contribution is -2.16. The first-order chi connectivity index (χ1) is 9.38. The predicted molar refractivity (Wildman–Crippen MR) is 83.1 cm³/mol. The number of hydrogen-bond donors (Lipinski definition) is 0. The van der Waals surface area contributed by atoms with Crippen molar-refractivity contribution in [3.63, 3.8) is 0 Å². The first-order valence-corrected chi connectivity index (χ1v) is 7.21. The van der Waals surface area contributed by atoms with Crippen LogP contribution in [0.25, 0.3) is 11.3 Å². The SMILES string of the molecule is Cc1cc(-c2cc(C)n(C)n2)ccc1SC(=O)N(C)C. The molecule has 106 valence electrons. The molecule has 0 aliphatic carbocycles. The van der Waals surface area contributed by atoms with Gasteiger partial charge >= 0.3 is 0 Å². The summed E-state index contributed by atoms with van der Waals surface area (Å²) in [7, 11) is 5.46. The molecular formula is C15H19N3OS. The van der Waals surface area contributed by atoms with Crippen LogP contribution in [0.2, 0.25) is 0 Å². The Balaban J connectivity index is 2.28. The topological polar surface area (TPSA) is 38.1 Å². The summed E-state index contributed by atoms with van der Waals surface area (Å²) in [6.07, 6.45) is 0. The highest BCUT2D eigenvalue weighted by atomic mass is 32.2. The third-order valence-electron chi connectivity index (χ3n) is 3.15. The number of aryl methyl sites for hydroxylation is 3. The lowest BCUT2D eigenvalue weighted by Gasteiger charge is -2.11. The van der Waals surface area contributed by atoms with E-state index in [1.54, 1.807) is 19.0 Å². The van der Waals surface area contributed by atoms with Gasteiger partial charge in [0.1, 0.15) is 0 Å². The molecule has 0 aliphatic heterocycles. The maximum absolute atomic E-state index is 11.7. The summed E-state index contributed by atoms with van der Waals surface area (Å²) in [6, 6.07) is 8.14. The van der Waals surface area contributed by atoms with Crippen molar-refractivity contribution in [1.82, 2.24) is 14.7 Å². The summed E-state index contributed by atoms with van der Waals surface area (Å²) >= 11 is 1.25. The van der Waals surface area contributed by atoms with Crippen molar-refractivity contribution < 1.29 is 4.79 Å². The summed E-state index contributed by atoms with van der Waals surface area (Å²) < 4.78 is 1.86. The van der Waals surface area contributed by atoms with Crippen LogP contribution in [0.5, 0.6) is 0 Å². The first kappa shape index (κ1) is 14.7. The van der Waals surface area contributed by atoms with Gasteiger partial charge in [-0.3, -0.25) is 9.48 Å². The Hall–Kier alpha value is -1.75. The summed E-state index contributed by atoms with van der Waals surface area (Å²) in [6.45, 7) is 4.05. The molecule has 0 saturated heterocycles. The van der Waals surface area contributed by atoms with Gasteiger partial charge in [-0.25, -0.2) is 0 Å². The van der Waals surface area contributed by atoms with Crippen LogP contribution in [0.1, 0.15) is 11.3 Å². The average molecular weight is 289 g/mol. The third-order valence-corrected chi connectivity index (χ3v) is 4.36. The van der Waals surface area contributed by atoms with Crippen molar-refractivity contribution in [2.45, 2.75) is 18.7 Å². The van der Waals surface area contributed by atoms with Crippen molar-refractivity contribution in [3.8, 4) is 11.3 Å². The van der Waals surface area contributed by atoms with E-state index in [1.807, 2.05) is 37.7 Å². The van der Waals surface area contributed by atoms with Crippen LogP contribution >= 0.6 is 11.8 Å². The highest BCUT2D eigenvalue weighted by molar-refractivity contribution is 8.13. The molecule has 1 aromatic carbocycles. The van der Waals surface area contributed by atoms with Crippen LogP contribution in [0.4, 0.5) is 4.79 Å². The zero-order valence-electron chi connectivity index (χ0n) is 12.5. The first-order valence-electron chi connectivity index (χ1n) is 6.39. The lowest BCUT2D eigenvalue weighted by molar-refractivity contribution is 0.241. The number of amides is 1. The van der Waals surface area contributed by atoms with Gasteiger partial charge in [-0.15, -0.1) is 0 Å². The molecule has 0 N–H and O–H groups in total. The van der Waals surface area contributed by atoms with Gasteiger partial charge in [0.05, 0.1) is 5.69 Å². The van der Waals surface area contributed by atoms with E-state index in [2.05, 4.69) is 17.2 Å². The van der Waals surface area contributed by atoms with Gasteiger partial charge in [0, 0.05) is 37.3 Å². The molecule has 0 atom stereocenters. The van der Waals surface area contributed by atoms with E-state index < -0.39 is 0 Å². The van der Waals surface area contributed by atoms with Crippen LogP contribution < -0.4 is 0 Å². The number of benzene rings is 1. The minimum atomic E-state index is 0.0366. The summed E-state index contributed by atoms with van der Waals surface area (Å²) in [5, 5.41) is 4.51. The number of rotatable bonds is 2. The fourth-order valence-electron chi connectivity index (χ4n) is 1.81. The van der Waals surface area contributed by atoms with Crippen molar-refractivity contribution in [1.29, 1.82) is 0 Å². The molecule has 0 saturated carbocycles. The van der Waals surface area contributed by atoms with Crippen molar-refractivity contribution in [2.24, 2.45) is 7.05 Å². The van der Waals surface area contributed by atoms with E-state index in [9.17, 15) is 4.79 Å². The molecule has 4 nitrogen and oxygen atoms in total. The van der Waals surface area contributed by atoms with Crippen molar-refractivity contribution in [2.75, 3.05) is 14.1 Å². The van der Waals surface area contributed by atoms with Gasteiger partial charge in [0.25, 0.3) is 5.24 Å². The molecule has 0 unspecified atom stereocenters. The fourth-order valence-corrected chi connectivity index (χ4v) is 2.54. The molecule has 0 bridgehead atoms. The number of hydrogen-bond acceptors (Lipinski definition) is 3. The van der Waals surface area contributed by atoms with Crippen LogP contribution in [0.3, 0.4) is 0 Å². The molecule has 1 heterocycles. The molecule has 20 heavy (non-hydrogen) atoms. The highest BCUT2D eigenvalue weighted by Gasteiger charge is 2.11. The Morgan fingerprint density at radius 2 is 1.95 bits per heavy atom. The molecule has 1 amide bonds. The lowest BCUT2D eigenvalue weighted by atomic mass is 10.1. The maximum Gasteiger partial charge on any atom is 0.285 e. The zero-order chi connectivity index (χ0) is 14.9. The second kappa shape index (κ2) is 5.71. The number of nitrogens with zero attached hydrogens (tertiary/aromatic N) is 3. The van der Waals surface area contributed by atoms with Gasteiger partial charge in [0.15, 0.2) is 0 Å². The molecule has 0 radical (unpaired) electrons. The van der Waals surface area contributed by atoms with E-state index in [1.165, 1.54) is 11.8 Å². The van der Waals surface area contributed by atoms with Crippen molar-refractivity contribution in [3.05, 3.63) is 35.5 Å². The Bertz CT molecular complexity index is 627. The van der Waals surface area contributed by atoms with Gasteiger partial charge in [-0.1, -0.05) is 6.07 Å².